The van der Waals surface area contributed by atoms with Crippen molar-refractivity contribution in [2.75, 3.05) is 6.54 Å². The Kier molecular flexibility index (Phi) is 4.65. The van der Waals surface area contributed by atoms with Gasteiger partial charge in [0.05, 0.1) is 10.9 Å². The van der Waals surface area contributed by atoms with Gasteiger partial charge in [0.1, 0.15) is 16.8 Å². The van der Waals surface area contributed by atoms with Crippen LogP contribution in [0.2, 0.25) is 0 Å². The van der Waals surface area contributed by atoms with Gasteiger partial charge in [-0.3, -0.25) is 19.4 Å². The molecule has 3 aromatic rings. The molecule has 0 atom stereocenters. The summed E-state index contributed by atoms with van der Waals surface area (Å²) in [6.07, 6.45) is 3.49. The summed E-state index contributed by atoms with van der Waals surface area (Å²) < 4.78 is 3.04. The smallest absolute Gasteiger partial charge is 0.267 e. The molecule has 3 heterocycles. The summed E-state index contributed by atoms with van der Waals surface area (Å²) in [6.45, 7) is 4.90. The van der Waals surface area contributed by atoms with Crippen LogP contribution in [0.5, 0.6) is 0 Å². The van der Waals surface area contributed by atoms with Crippen molar-refractivity contribution in [2.45, 2.75) is 33.2 Å². The first-order valence-corrected chi connectivity index (χ1v) is 8.46. The lowest BCUT2D eigenvalue weighted by atomic mass is 10.2. The molecule has 0 aliphatic carbocycles. The van der Waals surface area contributed by atoms with Gasteiger partial charge in [-0.25, -0.2) is 4.98 Å². The van der Waals surface area contributed by atoms with Crippen molar-refractivity contribution < 1.29 is 4.79 Å². The Balaban J connectivity index is 2.27. The number of carbonyl (C=O) groups excluding carboxylic acids is 1. The van der Waals surface area contributed by atoms with E-state index in [-0.39, 0.29) is 22.5 Å². The third-order valence-electron chi connectivity index (χ3n) is 4.20. The molecule has 7 nitrogen and oxygen atoms in total. The summed E-state index contributed by atoms with van der Waals surface area (Å²) in [5.41, 5.74) is 0.956. The number of pyridine rings is 2. The van der Waals surface area contributed by atoms with Crippen LogP contribution in [0.25, 0.3) is 16.7 Å². The van der Waals surface area contributed by atoms with Crippen molar-refractivity contribution in [1.82, 2.24) is 19.3 Å². The van der Waals surface area contributed by atoms with E-state index in [9.17, 15) is 9.59 Å². The van der Waals surface area contributed by atoms with Gasteiger partial charge in [-0.2, -0.15) is 0 Å². The van der Waals surface area contributed by atoms with Crippen LogP contribution in [-0.2, 0) is 6.54 Å². The Morgan fingerprint density at radius 2 is 2.12 bits per heavy atom. The molecule has 3 rings (SSSR count). The van der Waals surface area contributed by atoms with Crippen molar-refractivity contribution in [3.8, 4) is 0 Å². The fourth-order valence-electron chi connectivity index (χ4n) is 2.84. The molecule has 0 spiro atoms. The van der Waals surface area contributed by atoms with E-state index in [2.05, 4.69) is 10.3 Å². The number of nitrogens with zero attached hydrogens (tertiary/aromatic N) is 3. The number of hydrogen-bond donors (Lipinski definition) is 2. The molecular weight excluding hydrogens is 318 g/mol. The normalized spacial score (nSPS) is 11.1. The molecule has 0 bridgehead atoms. The molecule has 0 saturated carbocycles. The highest BCUT2D eigenvalue weighted by Crippen LogP contribution is 2.10. The number of amides is 1. The SMILES string of the molecule is CCCCNC(=O)c1cc2c(=O)n3ccccc3nc2n(CC)c1=N. The first-order chi connectivity index (χ1) is 12.1. The summed E-state index contributed by atoms with van der Waals surface area (Å²) in [4.78, 5) is 29.8. The quantitative estimate of drug-likeness (QED) is 0.547. The van der Waals surface area contributed by atoms with Crippen LogP contribution in [0.3, 0.4) is 0 Å². The topological polar surface area (TPSA) is 92.2 Å². The number of fused-ring (bicyclic) bond motifs is 2. The van der Waals surface area contributed by atoms with Crippen molar-refractivity contribution in [3.05, 3.63) is 51.9 Å². The van der Waals surface area contributed by atoms with Crippen LogP contribution in [0.15, 0.2) is 35.3 Å². The van der Waals surface area contributed by atoms with Crippen LogP contribution >= 0.6 is 0 Å². The van der Waals surface area contributed by atoms with Crippen molar-refractivity contribution in [2.24, 2.45) is 0 Å². The van der Waals surface area contributed by atoms with Gasteiger partial charge in [0.2, 0.25) is 0 Å². The lowest BCUT2D eigenvalue weighted by molar-refractivity contribution is 0.0951. The van der Waals surface area contributed by atoms with Gasteiger partial charge in [-0.05, 0) is 31.5 Å². The van der Waals surface area contributed by atoms with Crippen LogP contribution in [0, 0.1) is 5.41 Å². The number of rotatable bonds is 5. The molecule has 0 aliphatic rings. The van der Waals surface area contributed by atoms with Gasteiger partial charge in [0.25, 0.3) is 11.5 Å². The second-order valence-corrected chi connectivity index (χ2v) is 5.84. The maximum atomic E-state index is 12.8. The van der Waals surface area contributed by atoms with E-state index in [0.717, 1.165) is 12.8 Å². The first kappa shape index (κ1) is 16.9. The number of aryl methyl sites for hydroxylation is 1. The Morgan fingerprint density at radius 3 is 2.84 bits per heavy atom. The van der Waals surface area contributed by atoms with Gasteiger partial charge in [-0.1, -0.05) is 19.4 Å². The number of aromatic nitrogens is 3. The van der Waals surface area contributed by atoms with Crippen LogP contribution in [0.4, 0.5) is 0 Å². The minimum atomic E-state index is -0.333. The zero-order valence-corrected chi connectivity index (χ0v) is 14.4. The second kappa shape index (κ2) is 6.88. The summed E-state index contributed by atoms with van der Waals surface area (Å²) in [7, 11) is 0. The average Bonchev–Trinajstić information content (AvgIpc) is 2.62. The highest BCUT2D eigenvalue weighted by atomic mass is 16.1. The first-order valence-electron chi connectivity index (χ1n) is 8.46. The zero-order valence-electron chi connectivity index (χ0n) is 14.4. The van der Waals surface area contributed by atoms with E-state index < -0.39 is 0 Å². The third-order valence-corrected chi connectivity index (χ3v) is 4.20. The molecule has 0 aromatic carbocycles. The Morgan fingerprint density at radius 1 is 1.32 bits per heavy atom. The summed E-state index contributed by atoms with van der Waals surface area (Å²) in [5.74, 6) is -0.333. The molecule has 25 heavy (non-hydrogen) atoms. The molecule has 0 aliphatic heterocycles. The van der Waals surface area contributed by atoms with Crippen molar-refractivity contribution in [3.63, 3.8) is 0 Å². The molecule has 0 saturated heterocycles. The standard InChI is InChI=1S/C18H21N5O2/c1-3-5-9-20-17(24)12-11-13-16(22(4-2)15(12)19)21-14-8-6-7-10-23(14)18(13)25/h6-8,10-11,19H,3-5,9H2,1-2H3,(H,20,24). The molecule has 130 valence electrons. The van der Waals surface area contributed by atoms with E-state index in [0.29, 0.717) is 29.8 Å². The van der Waals surface area contributed by atoms with Crippen LogP contribution in [-0.4, -0.2) is 26.4 Å². The fraction of sp³-hybridized carbons (Fsp3) is 0.333. The zero-order chi connectivity index (χ0) is 18.0. The molecule has 2 N–H and O–H groups in total. The van der Waals surface area contributed by atoms with E-state index in [4.69, 9.17) is 5.41 Å². The van der Waals surface area contributed by atoms with Crippen LogP contribution in [0.1, 0.15) is 37.0 Å². The van der Waals surface area contributed by atoms with E-state index in [1.165, 1.54) is 10.5 Å². The Hall–Kier alpha value is -2.96. The van der Waals surface area contributed by atoms with Gasteiger partial charge in [0, 0.05) is 19.3 Å². The summed E-state index contributed by atoms with van der Waals surface area (Å²) in [6, 6.07) is 6.80. The van der Waals surface area contributed by atoms with E-state index in [1.807, 2.05) is 13.8 Å². The molecule has 0 fully saturated rings. The predicted molar refractivity (Wildman–Crippen MR) is 95.7 cm³/mol. The van der Waals surface area contributed by atoms with E-state index in [1.54, 1.807) is 29.0 Å². The van der Waals surface area contributed by atoms with Gasteiger partial charge >= 0.3 is 0 Å². The Labute approximate surface area is 144 Å². The Bertz CT molecular complexity index is 1060. The average molecular weight is 339 g/mol. The summed E-state index contributed by atoms with van der Waals surface area (Å²) in [5, 5.41) is 11.5. The summed E-state index contributed by atoms with van der Waals surface area (Å²) >= 11 is 0. The highest BCUT2D eigenvalue weighted by Gasteiger charge is 2.16. The van der Waals surface area contributed by atoms with Gasteiger partial charge < -0.3 is 9.88 Å². The maximum absolute atomic E-state index is 12.8. The van der Waals surface area contributed by atoms with Crippen molar-refractivity contribution in [1.29, 1.82) is 5.41 Å². The molecular formula is C18H21N5O2. The minimum Gasteiger partial charge on any atom is -0.352 e. The van der Waals surface area contributed by atoms with E-state index >= 15 is 0 Å². The number of unbranched alkanes of at least 4 members (excludes halogenated alkanes) is 1. The fourth-order valence-corrected chi connectivity index (χ4v) is 2.84. The largest absolute Gasteiger partial charge is 0.352 e. The molecule has 0 unspecified atom stereocenters. The van der Waals surface area contributed by atoms with Crippen LogP contribution < -0.4 is 16.4 Å². The highest BCUT2D eigenvalue weighted by molar-refractivity contribution is 5.96. The minimum absolute atomic E-state index is 0.0659. The molecule has 3 aromatic heterocycles. The number of carbonyl (C=O) groups is 1. The number of nitrogens with one attached hydrogen (secondary N) is 2. The maximum Gasteiger partial charge on any atom is 0.267 e. The number of hydrogen-bond acceptors (Lipinski definition) is 4. The molecule has 0 radical (unpaired) electrons. The van der Waals surface area contributed by atoms with Crippen molar-refractivity contribution >= 4 is 22.6 Å². The molecule has 7 heteroatoms. The lowest BCUT2D eigenvalue weighted by Crippen LogP contribution is -2.35. The predicted octanol–water partition coefficient (Wildman–Crippen LogP) is 1.68. The third kappa shape index (κ3) is 2.93. The lowest BCUT2D eigenvalue weighted by Gasteiger charge is -2.13. The molecule has 1 amide bonds. The monoisotopic (exact) mass is 339 g/mol. The second-order valence-electron chi connectivity index (χ2n) is 5.84. The van der Waals surface area contributed by atoms with Gasteiger partial charge in [-0.15, -0.1) is 0 Å². The van der Waals surface area contributed by atoms with Gasteiger partial charge in [0.15, 0.2) is 0 Å².